The highest BCUT2D eigenvalue weighted by Gasteiger charge is 2.36. The molecule has 0 aromatic carbocycles. The fourth-order valence-corrected chi connectivity index (χ4v) is 3.09. The van der Waals surface area contributed by atoms with Gasteiger partial charge >= 0.3 is 0 Å². The van der Waals surface area contributed by atoms with Gasteiger partial charge in [0.05, 0.1) is 5.92 Å². The Hall–Kier alpha value is -0.900. The van der Waals surface area contributed by atoms with Crippen LogP contribution in [0.4, 0.5) is 0 Å². The molecule has 2 heterocycles. The van der Waals surface area contributed by atoms with Gasteiger partial charge in [0.25, 0.3) is 0 Å². The molecule has 4 nitrogen and oxygen atoms in total. The summed E-state index contributed by atoms with van der Waals surface area (Å²) >= 11 is 0. The minimum Gasteiger partial charge on any atom is -0.339 e. The molecule has 94 valence electrons. The minimum atomic E-state index is 0.170. The fraction of sp³-hybridized carbons (Fsp3) is 0.846. The Labute approximate surface area is 102 Å². The SMILES string of the molecule is CC1(c2noc(C3CCCNC3)n2)CCCC1. The predicted molar refractivity (Wildman–Crippen MR) is 65.0 cm³/mol. The Morgan fingerprint density at radius 1 is 1.29 bits per heavy atom. The minimum absolute atomic E-state index is 0.170. The van der Waals surface area contributed by atoms with Crippen LogP contribution in [0.25, 0.3) is 0 Å². The van der Waals surface area contributed by atoms with Gasteiger partial charge in [-0.2, -0.15) is 4.98 Å². The van der Waals surface area contributed by atoms with E-state index in [1.807, 2.05) is 0 Å². The fourth-order valence-electron chi connectivity index (χ4n) is 3.09. The molecule has 1 aromatic rings. The molecule has 1 aliphatic heterocycles. The quantitative estimate of drug-likeness (QED) is 0.855. The van der Waals surface area contributed by atoms with Gasteiger partial charge in [-0.3, -0.25) is 0 Å². The van der Waals surface area contributed by atoms with Crippen LogP contribution in [0.15, 0.2) is 4.52 Å². The molecule has 1 aliphatic carbocycles. The molecule has 1 N–H and O–H groups in total. The normalized spacial score (nSPS) is 28.4. The molecule has 4 heteroatoms. The van der Waals surface area contributed by atoms with Crippen LogP contribution < -0.4 is 5.32 Å². The van der Waals surface area contributed by atoms with E-state index in [0.717, 1.165) is 24.8 Å². The highest BCUT2D eigenvalue weighted by molar-refractivity contribution is 5.09. The van der Waals surface area contributed by atoms with E-state index in [1.54, 1.807) is 0 Å². The molecule has 1 saturated heterocycles. The smallest absolute Gasteiger partial charge is 0.231 e. The summed E-state index contributed by atoms with van der Waals surface area (Å²) in [6.07, 6.45) is 7.38. The van der Waals surface area contributed by atoms with E-state index >= 15 is 0 Å². The Morgan fingerprint density at radius 3 is 2.82 bits per heavy atom. The molecular weight excluding hydrogens is 214 g/mol. The van der Waals surface area contributed by atoms with E-state index in [1.165, 1.54) is 38.5 Å². The number of aromatic nitrogens is 2. The molecule has 0 amide bonds. The van der Waals surface area contributed by atoms with Gasteiger partial charge in [0.2, 0.25) is 5.89 Å². The van der Waals surface area contributed by atoms with Crippen LogP contribution in [0.3, 0.4) is 0 Å². The lowest BCUT2D eigenvalue weighted by Crippen LogP contribution is -2.28. The molecule has 0 radical (unpaired) electrons. The van der Waals surface area contributed by atoms with Crippen LogP contribution in [-0.2, 0) is 5.41 Å². The summed E-state index contributed by atoms with van der Waals surface area (Å²) < 4.78 is 5.48. The van der Waals surface area contributed by atoms with Crippen molar-refractivity contribution < 1.29 is 4.52 Å². The molecule has 0 spiro atoms. The summed E-state index contributed by atoms with van der Waals surface area (Å²) in [7, 11) is 0. The van der Waals surface area contributed by atoms with E-state index in [-0.39, 0.29) is 5.41 Å². The zero-order valence-electron chi connectivity index (χ0n) is 10.5. The van der Waals surface area contributed by atoms with Gasteiger partial charge < -0.3 is 9.84 Å². The van der Waals surface area contributed by atoms with Crippen molar-refractivity contribution in [2.24, 2.45) is 0 Å². The highest BCUT2D eigenvalue weighted by atomic mass is 16.5. The standard InChI is InChI=1S/C13H21N3O/c1-13(6-2-3-7-13)12-15-11(17-16-12)10-5-4-8-14-9-10/h10,14H,2-9H2,1H3. The lowest BCUT2D eigenvalue weighted by molar-refractivity contribution is 0.314. The second kappa shape index (κ2) is 4.41. The van der Waals surface area contributed by atoms with Crippen molar-refractivity contribution >= 4 is 0 Å². The van der Waals surface area contributed by atoms with Crippen LogP contribution >= 0.6 is 0 Å². The van der Waals surface area contributed by atoms with Gasteiger partial charge in [-0.15, -0.1) is 0 Å². The predicted octanol–water partition coefficient (Wildman–Crippen LogP) is 2.37. The number of rotatable bonds is 2. The molecule has 1 aromatic heterocycles. The van der Waals surface area contributed by atoms with Crippen LogP contribution in [0.2, 0.25) is 0 Å². The second-order valence-corrected chi connectivity index (χ2v) is 5.77. The van der Waals surface area contributed by atoms with Crippen LogP contribution in [0, 0.1) is 0 Å². The topological polar surface area (TPSA) is 51.0 Å². The van der Waals surface area contributed by atoms with Crippen molar-refractivity contribution in [3.05, 3.63) is 11.7 Å². The first kappa shape index (κ1) is 11.2. The summed E-state index contributed by atoms with van der Waals surface area (Å²) in [4.78, 5) is 4.67. The molecule has 2 aliphatic rings. The van der Waals surface area contributed by atoms with E-state index in [4.69, 9.17) is 4.52 Å². The van der Waals surface area contributed by atoms with E-state index in [9.17, 15) is 0 Å². The zero-order chi connectivity index (χ0) is 11.7. The molecule has 0 bridgehead atoms. The summed E-state index contributed by atoms with van der Waals surface area (Å²) in [5, 5.41) is 7.63. The lowest BCUT2D eigenvalue weighted by Gasteiger charge is -2.19. The Bertz CT molecular complexity index is 376. The maximum atomic E-state index is 5.48. The summed E-state index contributed by atoms with van der Waals surface area (Å²) in [6.45, 7) is 4.38. The van der Waals surface area contributed by atoms with E-state index < -0.39 is 0 Å². The molecule has 3 rings (SSSR count). The van der Waals surface area contributed by atoms with E-state index in [2.05, 4.69) is 22.4 Å². The number of nitrogens with zero attached hydrogens (tertiary/aromatic N) is 2. The number of nitrogens with one attached hydrogen (secondary N) is 1. The third-order valence-electron chi connectivity index (χ3n) is 4.33. The Kier molecular flexibility index (Phi) is 2.90. The zero-order valence-corrected chi connectivity index (χ0v) is 10.5. The van der Waals surface area contributed by atoms with Crippen LogP contribution in [0.1, 0.15) is 63.1 Å². The van der Waals surface area contributed by atoms with Gasteiger partial charge in [-0.05, 0) is 32.2 Å². The first-order chi connectivity index (χ1) is 8.28. The Balaban J connectivity index is 1.77. The Morgan fingerprint density at radius 2 is 2.12 bits per heavy atom. The van der Waals surface area contributed by atoms with Crippen LogP contribution in [-0.4, -0.2) is 23.2 Å². The molecule has 2 fully saturated rings. The highest BCUT2D eigenvalue weighted by Crippen LogP contribution is 2.39. The number of hydrogen-bond donors (Lipinski definition) is 1. The largest absolute Gasteiger partial charge is 0.339 e. The average molecular weight is 235 g/mol. The maximum Gasteiger partial charge on any atom is 0.231 e. The van der Waals surface area contributed by atoms with Crippen molar-refractivity contribution in [3.63, 3.8) is 0 Å². The second-order valence-electron chi connectivity index (χ2n) is 5.77. The van der Waals surface area contributed by atoms with Gasteiger partial charge in [0.1, 0.15) is 0 Å². The van der Waals surface area contributed by atoms with Gasteiger partial charge in [-0.25, -0.2) is 0 Å². The molecule has 17 heavy (non-hydrogen) atoms. The van der Waals surface area contributed by atoms with Gasteiger partial charge in [0, 0.05) is 12.0 Å². The molecule has 1 unspecified atom stereocenters. The van der Waals surface area contributed by atoms with E-state index in [0.29, 0.717) is 5.92 Å². The van der Waals surface area contributed by atoms with Gasteiger partial charge in [-0.1, -0.05) is 24.9 Å². The van der Waals surface area contributed by atoms with Crippen molar-refractivity contribution in [2.45, 2.75) is 56.8 Å². The number of piperidine rings is 1. The maximum absolute atomic E-state index is 5.48. The van der Waals surface area contributed by atoms with Crippen molar-refractivity contribution in [2.75, 3.05) is 13.1 Å². The average Bonchev–Trinajstić information content (AvgIpc) is 2.99. The third kappa shape index (κ3) is 2.10. The number of hydrogen-bond acceptors (Lipinski definition) is 4. The van der Waals surface area contributed by atoms with Crippen molar-refractivity contribution in [3.8, 4) is 0 Å². The first-order valence-electron chi connectivity index (χ1n) is 6.83. The van der Waals surface area contributed by atoms with Crippen molar-refractivity contribution in [1.29, 1.82) is 0 Å². The molecule has 1 saturated carbocycles. The van der Waals surface area contributed by atoms with Gasteiger partial charge in [0.15, 0.2) is 5.82 Å². The summed E-state index contributed by atoms with van der Waals surface area (Å²) in [6, 6.07) is 0. The van der Waals surface area contributed by atoms with Crippen LogP contribution in [0.5, 0.6) is 0 Å². The molecular formula is C13H21N3O. The monoisotopic (exact) mass is 235 g/mol. The summed E-state index contributed by atoms with van der Waals surface area (Å²) in [5.74, 6) is 2.21. The first-order valence-corrected chi connectivity index (χ1v) is 6.83. The lowest BCUT2D eigenvalue weighted by atomic mass is 9.88. The summed E-state index contributed by atoms with van der Waals surface area (Å²) in [5.41, 5.74) is 0.170. The third-order valence-corrected chi connectivity index (χ3v) is 4.33. The molecule has 1 atom stereocenters. The van der Waals surface area contributed by atoms with Crippen molar-refractivity contribution in [1.82, 2.24) is 15.5 Å².